The molecule has 1 saturated carbocycles. The Labute approximate surface area is 223 Å². The Morgan fingerprint density at radius 2 is 1.95 bits per heavy atom. The van der Waals surface area contributed by atoms with Gasteiger partial charge in [-0.05, 0) is 74.8 Å². The van der Waals surface area contributed by atoms with Gasteiger partial charge in [0.25, 0.3) is 5.91 Å². The summed E-state index contributed by atoms with van der Waals surface area (Å²) in [5.74, 6) is 0.986. The fourth-order valence-electron chi connectivity index (χ4n) is 6.27. The van der Waals surface area contributed by atoms with Gasteiger partial charge in [0, 0.05) is 42.7 Å². The third kappa shape index (κ3) is 4.73. The van der Waals surface area contributed by atoms with E-state index in [1.54, 1.807) is 24.4 Å². The fraction of sp³-hybridized carbons (Fsp3) is 0.467. The predicted molar refractivity (Wildman–Crippen MR) is 146 cm³/mol. The Hall–Kier alpha value is -3.86. The minimum atomic E-state index is -0.325. The normalized spacial score (nSPS) is 19.9. The number of hydrogen-bond donors (Lipinski definition) is 1. The lowest BCUT2D eigenvalue weighted by atomic mass is 9.84. The number of rotatable bonds is 5. The SMILES string of the molecule is COc1cc(C#N)cc(C(=O)Nc2cnc3c(c([C@@H]4CCN(C(=O)C5CCCC5)[C@@H](C)C4)cn3C)c2C)c1. The molecule has 38 heavy (non-hydrogen) atoms. The molecule has 1 aliphatic heterocycles. The quantitative estimate of drug-likeness (QED) is 0.499. The Kier molecular flexibility index (Phi) is 7.11. The van der Waals surface area contributed by atoms with Crippen molar-refractivity contribution in [3.8, 4) is 11.8 Å². The number of nitrogens with one attached hydrogen (secondary N) is 1. The monoisotopic (exact) mass is 513 g/mol. The summed E-state index contributed by atoms with van der Waals surface area (Å²) in [5.41, 5.74) is 4.40. The first-order chi connectivity index (χ1) is 18.3. The van der Waals surface area contributed by atoms with Gasteiger partial charge in [-0.1, -0.05) is 12.8 Å². The Balaban J connectivity index is 1.40. The number of amides is 2. The van der Waals surface area contributed by atoms with Crippen molar-refractivity contribution in [2.24, 2.45) is 13.0 Å². The number of methoxy groups -OCH3 is 1. The smallest absolute Gasteiger partial charge is 0.255 e. The molecule has 0 radical (unpaired) electrons. The van der Waals surface area contributed by atoms with Crippen LogP contribution in [0.25, 0.3) is 11.0 Å². The Bertz CT molecular complexity index is 1430. The average Bonchev–Trinajstić information content (AvgIpc) is 3.58. The van der Waals surface area contributed by atoms with Crippen molar-refractivity contribution in [1.82, 2.24) is 14.5 Å². The lowest BCUT2D eigenvalue weighted by Gasteiger charge is -2.39. The molecule has 3 heterocycles. The summed E-state index contributed by atoms with van der Waals surface area (Å²) >= 11 is 0. The molecule has 2 fully saturated rings. The minimum absolute atomic E-state index is 0.190. The van der Waals surface area contributed by atoms with E-state index in [1.165, 1.54) is 25.5 Å². The van der Waals surface area contributed by atoms with Crippen molar-refractivity contribution in [3.05, 3.63) is 52.8 Å². The topological polar surface area (TPSA) is 100 Å². The number of nitriles is 1. The lowest BCUT2D eigenvalue weighted by Crippen LogP contribution is -2.46. The van der Waals surface area contributed by atoms with Gasteiger partial charge >= 0.3 is 0 Å². The zero-order valence-corrected chi connectivity index (χ0v) is 22.6. The van der Waals surface area contributed by atoms with E-state index in [0.29, 0.717) is 34.4 Å². The maximum Gasteiger partial charge on any atom is 0.255 e. The molecule has 8 nitrogen and oxygen atoms in total. The fourth-order valence-corrected chi connectivity index (χ4v) is 6.27. The number of nitrogens with zero attached hydrogens (tertiary/aromatic N) is 4. The first kappa shape index (κ1) is 25.8. The van der Waals surface area contributed by atoms with E-state index in [4.69, 9.17) is 9.72 Å². The van der Waals surface area contributed by atoms with Gasteiger partial charge in [-0.25, -0.2) is 4.98 Å². The number of pyridine rings is 1. The van der Waals surface area contributed by atoms with Crippen molar-refractivity contribution in [1.29, 1.82) is 5.26 Å². The predicted octanol–water partition coefficient (Wildman–Crippen LogP) is 5.30. The highest BCUT2D eigenvalue weighted by Crippen LogP contribution is 2.40. The first-order valence-corrected chi connectivity index (χ1v) is 13.5. The van der Waals surface area contributed by atoms with Gasteiger partial charge in [-0.3, -0.25) is 9.59 Å². The number of piperidine rings is 1. The van der Waals surface area contributed by atoms with Crippen LogP contribution in [0.3, 0.4) is 0 Å². The molecule has 1 aliphatic carbocycles. The molecule has 3 aromatic rings. The van der Waals surface area contributed by atoms with Crippen molar-refractivity contribution >= 4 is 28.5 Å². The van der Waals surface area contributed by atoms with E-state index < -0.39 is 0 Å². The van der Waals surface area contributed by atoms with Gasteiger partial charge in [0.1, 0.15) is 11.4 Å². The highest BCUT2D eigenvalue weighted by atomic mass is 16.5. The Morgan fingerprint density at radius 3 is 2.63 bits per heavy atom. The number of fused-ring (bicyclic) bond motifs is 1. The number of hydrogen-bond acceptors (Lipinski definition) is 5. The number of carbonyl (C=O) groups excluding carboxylic acids is 2. The van der Waals surface area contributed by atoms with Gasteiger partial charge in [0.15, 0.2) is 0 Å². The summed E-state index contributed by atoms with van der Waals surface area (Å²) in [4.78, 5) is 33.1. The molecule has 8 heteroatoms. The second-order valence-electron chi connectivity index (χ2n) is 10.8. The van der Waals surface area contributed by atoms with Crippen molar-refractivity contribution in [2.75, 3.05) is 19.0 Å². The number of aryl methyl sites for hydroxylation is 2. The summed E-state index contributed by atoms with van der Waals surface area (Å²) in [7, 11) is 3.51. The van der Waals surface area contributed by atoms with Gasteiger partial charge in [-0.15, -0.1) is 0 Å². The molecule has 0 spiro atoms. The molecule has 2 atom stereocenters. The summed E-state index contributed by atoms with van der Waals surface area (Å²) in [6.45, 7) is 4.96. The lowest BCUT2D eigenvalue weighted by molar-refractivity contribution is -0.138. The van der Waals surface area contributed by atoms with Crippen LogP contribution in [0, 0.1) is 24.2 Å². The second-order valence-corrected chi connectivity index (χ2v) is 10.8. The van der Waals surface area contributed by atoms with E-state index in [-0.39, 0.29) is 17.9 Å². The molecule has 1 N–H and O–H groups in total. The summed E-state index contributed by atoms with van der Waals surface area (Å²) in [6.07, 6.45) is 10.1. The van der Waals surface area contributed by atoms with Crippen LogP contribution in [-0.4, -0.2) is 46.0 Å². The summed E-state index contributed by atoms with van der Waals surface area (Å²) in [6, 6.07) is 7.03. The molecule has 2 amide bonds. The van der Waals surface area contributed by atoms with E-state index in [1.807, 2.05) is 18.5 Å². The average molecular weight is 514 g/mol. The van der Waals surface area contributed by atoms with E-state index in [9.17, 15) is 14.9 Å². The van der Waals surface area contributed by atoms with E-state index >= 15 is 0 Å². The molecule has 198 valence electrons. The number of likely N-dealkylation sites (tertiary alicyclic amines) is 1. The highest BCUT2D eigenvalue weighted by Gasteiger charge is 2.35. The number of carbonyl (C=O) groups is 2. The van der Waals surface area contributed by atoms with Crippen LogP contribution < -0.4 is 10.1 Å². The van der Waals surface area contributed by atoms with Crippen molar-refractivity contribution in [3.63, 3.8) is 0 Å². The van der Waals surface area contributed by atoms with Gasteiger partial charge in [0.2, 0.25) is 5.91 Å². The summed E-state index contributed by atoms with van der Waals surface area (Å²) < 4.78 is 7.30. The second kappa shape index (κ2) is 10.5. The zero-order valence-electron chi connectivity index (χ0n) is 22.6. The third-order valence-corrected chi connectivity index (χ3v) is 8.36. The first-order valence-electron chi connectivity index (χ1n) is 13.5. The molecule has 0 unspecified atom stereocenters. The molecule has 1 aromatic carbocycles. The van der Waals surface area contributed by atoms with Crippen LogP contribution in [0.2, 0.25) is 0 Å². The Morgan fingerprint density at radius 1 is 1.18 bits per heavy atom. The van der Waals surface area contributed by atoms with E-state index in [2.05, 4.69) is 29.4 Å². The van der Waals surface area contributed by atoms with E-state index in [0.717, 1.165) is 48.8 Å². The molecule has 0 bridgehead atoms. The van der Waals surface area contributed by atoms with Gasteiger partial charge in [-0.2, -0.15) is 5.26 Å². The number of benzene rings is 1. The van der Waals surface area contributed by atoms with Crippen LogP contribution in [0.5, 0.6) is 5.75 Å². The van der Waals surface area contributed by atoms with Gasteiger partial charge in [0.05, 0.1) is 30.6 Å². The third-order valence-electron chi connectivity index (χ3n) is 8.36. The zero-order chi connectivity index (χ0) is 27.0. The number of ether oxygens (including phenoxy) is 1. The highest BCUT2D eigenvalue weighted by molar-refractivity contribution is 6.06. The van der Waals surface area contributed by atoms with Crippen LogP contribution in [0.1, 0.15) is 78.4 Å². The standard InChI is InChI=1S/C30H35N5O3/c1-18-11-22(9-10-35(18)30(37)21-7-5-6-8-21)25-17-34(3)28-27(25)19(2)26(16-32-28)33-29(36)23-12-20(15-31)13-24(14-23)38-4/h12-14,16-18,21-22H,5-11H2,1-4H3,(H,33,36)/t18-,22+/m0/s1. The van der Waals surface area contributed by atoms with Crippen molar-refractivity contribution in [2.45, 2.75) is 64.3 Å². The van der Waals surface area contributed by atoms with Crippen LogP contribution in [0.15, 0.2) is 30.6 Å². The largest absolute Gasteiger partial charge is 0.497 e. The molecule has 1 saturated heterocycles. The molecular formula is C30H35N5O3. The molecule has 5 rings (SSSR count). The van der Waals surface area contributed by atoms with Crippen LogP contribution in [-0.2, 0) is 11.8 Å². The molecule has 2 aliphatic rings. The molecule has 2 aromatic heterocycles. The van der Waals surface area contributed by atoms with Crippen LogP contribution >= 0.6 is 0 Å². The maximum atomic E-state index is 13.1. The van der Waals surface area contributed by atoms with Crippen molar-refractivity contribution < 1.29 is 14.3 Å². The number of aromatic nitrogens is 2. The van der Waals surface area contributed by atoms with Crippen LogP contribution in [0.4, 0.5) is 5.69 Å². The summed E-state index contributed by atoms with van der Waals surface area (Å²) in [5, 5.41) is 13.4. The maximum absolute atomic E-state index is 13.1. The minimum Gasteiger partial charge on any atom is -0.497 e. The van der Waals surface area contributed by atoms with Gasteiger partial charge < -0.3 is 19.5 Å². The number of anilines is 1. The molecular weight excluding hydrogens is 478 g/mol.